The Kier molecular flexibility index (Phi) is 4.56. The minimum atomic E-state index is -4.26. The summed E-state index contributed by atoms with van der Waals surface area (Å²) in [5.74, 6) is -1.69. The molecule has 0 heterocycles. The van der Waals surface area contributed by atoms with Crippen molar-refractivity contribution in [2.75, 3.05) is 0 Å². The van der Waals surface area contributed by atoms with E-state index >= 15 is 0 Å². The fourth-order valence-corrected chi connectivity index (χ4v) is 1.49. The number of carbonyl (C=O) groups is 1. The van der Waals surface area contributed by atoms with Gasteiger partial charge in [0.25, 0.3) is 0 Å². The summed E-state index contributed by atoms with van der Waals surface area (Å²) in [6, 6.07) is -0.763. The molecule has 13 heavy (non-hydrogen) atoms. The van der Waals surface area contributed by atoms with Gasteiger partial charge in [-0.2, -0.15) is 0 Å². The van der Waals surface area contributed by atoms with E-state index in [1.165, 1.54) is 6.92 Å². The molecule has 0 aliphatic rings. The summed E-state index contributed by atoms with van der Waals surface area (Å²) < 4.78 is 10.8. The first kappa shape index (κ1) is 12.6. The summed E-state index contributed by atoms with van der Waals surface area (Å²) in [5.41, 5.74) is 5.22. The van der Waals surface area contributed by atoms with Crippen molar-refractivity contribution in [2.24, 2.45) is 5.73 Å². The van der Waals surface area contributed by atoms with Crippen LogP contribution in [0.3, 0.4) is 0 Å². The van der Waals surface area contributed by atoms with Crippen LogP contribution in [0.4, 0.5) is 0 Å². The third kappa shape index (κ3) is 4.38. The quantitative estimate of drug-likeness (QED) is 0.461. The molecule has 6 nitrogen and oxygen atoms in total. The molecule has 0 aliphatic carbocycles. The molecule has 0 aromatic rings. The average Bonchev–Trinajstić information content (AvgIpc) is 1.96. The molecule has 0 spiro atoms. The van der Waals surface area contributed by atoms with Crippen LogP contribution < -0.4 is 11.1 Å². The lowest BCUT2D eigenvalue weighted by Gasteiger charge is -2.19. The molecular weight excluding hydrogens is 195 g/mol. The van der Waals surface area contributed by atoms with Crippen LogP contribution >= 0.6 is 7.60 Å². The maximum Gasteiger partial charge on any atom is 0.347 e. The molecule has 1 unspecified atom stereocenters. The highest BCUT2D eigenvalue weighted by Crippen LogP contribution is 2.41. The van der Waals surface area contributed by atoms with E-state index in [1.54, 1.807) is 6.92 Å². The number of amides is 1. The van der Waals surface area contributed by atoms with Crippen LogP contribution in [0, 0.1) is 0 Å². The molecule has 2 atom stereocenters. The number of nitrogens with one attached hydrogen (secondary N) is 1. The van der Waals surface area contributed by atoms with E-state index in [0.29, 0.717) is 0 Å². The molecule has 0 aromatic carbocycles. The molecule has 0 saturated heterocycles. The van der Waals surface area contributed by atoms with E-state index in [0.717, 1.165) is 0 Å². The molecular formula is C6H15N2O4P. The Morgan fingerprint density at radius 2 is 2.08 bits per heavy atom. The number of carbonyl (C=O) groups excluding carboxylic acids is 1. The van der Waals surface area contributed by atoms with Crippen LogP contribution in [-0.2, 0) is 9.36 Å². The minimum Gasteiger partial charge on any atom is -0.341 e. The lowest BCUT2D eigenvalue weighted by atomic mass is 10.3. The van der Waals surface area contributed by atoms with Crippen LogP contribution in [0.15, 0.2) is 0 Å². The van der Waals surface area contributed by atoms with E-state index in [1.807, 2.05) is 0 Å². The Labute approximate surface area is 76.7 Å². The first-order valence-corrected chi connectivity index (χ1v) is 5.58. The van der Waals surface area contributed by atoms with Gasteiger partial charge in [0.15, 0.2) is 0 Å². The lowest BCUT2D eigenvalue weighted by molar-refractivity contribution is -0.122. The predicted molar refractivity (Wildman–Crippen MR) is 47.9 cm³/mol. The van der Waals surface area contributed by atoms with Crippen molar-refractivity contribution in [3.63, 3.8) is 0 Å². The normalized spacial score (nSPS) is 16.4. The van der Waals surface area contributed by atoms with E-state index in [2.05, 4.69) is 5.32 Å². The zero-order valence-corrected chi connectivity index (χ0v) is 8.49. The minimum absolute atomic E-state index is 0.169. The van der Waals surface area contributed by atoms with Gasteiger partial charge >= 0.3 is 7.60 Å². The molecule has 0 aliphatic heterocycles. The highest BCUT2D eigenvalue weighted by molar-refractivity contribution is 7.52. The summed E-state index contributed by atoms with van der Waals surface area (Å²) in [7, 11) is -4.26. The standard InChI is InChI=1S/C6H15N2O4P/c1-3-5(13(10,11)12)8-6(9)4(2)7/h4-5H,3,7H2,1-2H3,(H,8,9)(H2,10,11,12)/t4-,5?/m1/s1. The van der Waals surface area contributed by atoms with Gasteiger partial charge in [-0.05, 0) is 13.3 Å². The summed E-state index contributed by atoms with van der Waals surface area (Å²) in [5, 5.41) is 2.18. The van der Waals surface area contributed by atoms with Crippen molar-refractivity contribution >= 4 is 13.5 Å². The molecule has 0 bridgehead atoms. The van der Waals surface area contributed by atoms with E-state index < -0.39 is 25.3 Å². The Morgan fingerprint density at radius 3 is 2.31 bits per heavy atom. The molecule has 1 amide bonds. The molecule has 78 valence electrons. The Hall–Kier alpha value is -0.420. The predicted octanol–water partition coefficient (Wildman–Crippen LogP) is -0.636. The summed E-state index contributed by atoms with van der Waals surface area (Å²) >= 11 is 0. The van der Waals surface area contributed by atoms with Gasteiger partial charge in [-0.1, -0.05) is 6.92 Å². The van der Waals surface area contributed by atoms with Gasteiger partial charge in [0, 0.05) is 0 Å². The summed E-state index contributed by atoms with van der Waals surface area (Å²) in [6.45, 7) is 3.02. The first-order valence-electron chi connectivity index (χ1n) is 3.90. The van der Waals surface area contributed by atoms with Gasteiger partial charge in [-0.15, -0.1) is 0 Å². The number of nitrogens with two attached hydrogens (primary N) is 1. The average molecular weight is 210 g/mol. The second kappa shape index (κ2) is 4.72. The van der Waals surface area contributed by atoms with Crippen molar-refractivity contribution in [3.05, 3.63) is 0 Å². The van der Waals surface area contributed by atoms with E-state index in [4.69, 9.17) is 15.5 Å². The largest absolute Gasteiger partial charge is 0.347 e. The molecule has 0 saturated carbocycles. The lowest BCUT2D eigenvalue weighted by Crippen LogP contribution is -2.43. The molecule has 0 aromatic heterocycles. The molecule has 5 N–H and O–H groups in total. The third-order valence-corrected chi connectivity index (χ3v) is 2.82. The Morgan fingerprint density at radius 1 is 1.62 bits per heavy atom. The number of rotatable bonds is 4. The fraction of sp³-hybridized carbons (Fsp3) is 0.833. The number of hydrogen-bond donors (Lipinski definition) is 4. The maximum absolute atomic E-state index is 11.0. The Balaban J connectivity index is 4.31. The first-order chi connectivity index (χ1) is 5.79. The Bertz CT molecular complexity index is 225. The van der Waals surface area contributed by atoms with Crippen molar-refractivity contribution in [3.8, 4) is 0 Å². The van der Waals surface area contributed by atoms with Crippen LogP contribution in [-0.4, -0.2) is 27.5 Å². The van der Waals surface area contributed by atoms with Crippen molar-refractivity contribution in [2.45, 2.75) is 32.1 Å². The number of hydrogen-bond acceptors (Lipinski definition) is 3. The summed E-state index contributed by atoms with van der Waals surface area (Å²) in [6.07, 6.45) is 0.169. The highest BCUT2D eigenvalue weighted by Gasteiger charge is 2.28. The van der Waals surface area contributed by atoms with Gasteiger partial charge in [0.2, 0.25) is 5.91 Å². The van der Waals surface area contributed by atoms with Crippen molar-refractivity contribution < 1.29 is 19.1 Å². The SMILES string of the molecule is CCC(NC(=O)[C@@H](C)N)P(=O)(O)O. The molecule has 7 heteroatoms. The van der Waals surface area contributed by atoms with Crippen LogP contribution in [0.25, 0.3) is 0 Å². The second-order valence-corrected chi connectivity index (χ2v) is 4.61. The second-order valence-electron chi connectivity index (χ2n) is 2.81. The van der Waals surface area contributed by atoms with E-state index in [9.17, 15) is 9.36 Å². The van der Waals surface area contributed by atoms with Gasteiger partial charge < -0.3 is 20.8 Å². The molecule has 0 radical (unpaired) electrons. The van der Waals surface area contributed by atoms with Gasteiger partial charge in [0.05, 0.1) is 6.04 Å². The summed E-state index contributed by atoms with van der Waals surface area (Å²) in [4.78, 5) is 28.5. The van der Waals surface area contributed by atoms with Crippen molar-refractivity contribution in [1.82, 2.24) is 5.32 Å². The zero-order valence-electron chi connectivity index (χ0n) is 7.60. The van der Waals surface area contributed by atoms with Crippen LogP contribution in [0.1, 0.15) is 20.3 Å². The van der Waals surface area contributed by atoms with Gasteiger partial charge in [-0.25, -0.2) is 0 Å². The monoisotopic (exact) mass is 210 g/mol. The van der Waals surface area contributed by atoms with Crippen LogP contribution in [0.2, 0.25) is 0 Å². The van der Waals surface area contributed by atoms with Gasteiger partial charge in [-0.3, -0.25) is 9.36 Å². The smallest absolute Gasteiger partial charge is 0.341 e. The van der Waals surface area contributed by atoms with Crippen molar-refractivity contribution in [1.29, 1.82) is 0 Å². The maximum atomic E-state index is 11.0. The van der Waals surface area contributed by atoms with Crippen LogP contribution in [0.5, 0.6) is 0 Å². The highest BCUT2D eigenvalue weighted by atomic mass is 31.2. The van der Waals surface area contributed by atoms with Gasteiger partial charge in [0.1, 0.15) is 5.78 Å². The fourth-order valence-electron chi connectivity index (χ4n) is 0.720. The third-order valence-electron chi connectivity index (χ3n) is 1.52. The molecule has 0 rings (SSSR count). The van der Waals surface area contributed by atoms with E-state index in [-0.39, 0.29) is 6.42 Å². The molecule has 0 fully saturated rings. The topological polar surface area (TPSA) is 113 Å². The zero-order chi connectivity index (χ0) is 10.6.